The molecule has 1 aromatic rings. The zero-order valence-electron chi connectivity index (χ0n) is 6.88. The molecule has 1 aromatic heterocycles. The fraction of sp³-hybridized carbons (Fsp3) is 0.556. The van der Waals surface area contributed by atoms with E-state index in [1.807, 2.05) is 6.92 Å². The first-order chi connectivity index (χ1) is 5.67. The van der Waals surface area contributed by atoms with Gasteiger partial charge in [0.25, 0.3) is 0 Å². The number of hydrogen-bond acceptors (Lipinski definition) is 2. The Morgan fingerprint density at radius 1 is 1.67 bits per heavy atom. The van der Waals surface area contributed by atoms with Gasteiger partial charge in [-0.15, -0.1) is 11.3 Å². The highest BCUT2D eigenvalue weighted by atomic mass is 79.9. The Bertz CT molecular complexity index is 288. The third kappa shape index (κ3) is 1.15. The SMILES string of the molecule is CC(O)C1(c2sccc2Br)CC1. The normalized spacial score (nSPS) is 22.2. The molecule has 1 saturated carbocycles. The Morgan fingerprint density at radius 3 is 2.67 bits per heavy atom. The highest BCUT2D eigenvalue weighted by Crippen LogP contribution is 2.54. The Balaban J connectivity index is 2.36. The molecule has 1 fully saturated rings. The molecule has 1 N–H and O–H groups in total. The smallest absolute Gasteiger partial charge is 0.0617 e. The Kier molecular flexibility index (Phi) is 2.05. The summed E-state index contributed by atoms with van der Waals surface area (Å²) in [5, 5.41) is 11.7. The molecule has 0 aliphatic heterocycles. The summed E-state index contributed by atoms with van der Waals surface area (Å²) >= 11 is 5.25. The zero-order valence-corrected chi connectivity index (χ0v) is 9.28. The Labute approximate surface area is 84.6 Å². The number of hydrogen-bond donors (Lipinski definition) is 1. The average Bonchev–Trinajstić information content (AvgIpc) is 2.71. The Morgan fingerprint density at radius 2 is 2.33 bits per heavy atom. The van der Waals surface area contributed by atoms with E-state index in [1.165, 1.54) is 4.88 Å². The van der Waals surface area contributed by atoms with Crippen molar-refractivity contribution in [2.45, 2.75) is 31.3 Å². The van der Waals surface area contributed by atoms with E-state index < -0.39 is 0 Å². The highest BCUT2D eigenvalue weighted by molar-refractivity contribution is 9.10. The van der Waals surface area contributed by atoms with Gasteiger partial charge in [-0.05, 0) is 47.1 Å². The molecule has 1 heterocycles. The molecule has 2 rings (SSSR count). The quantitative estimate of drug-likeness (QED) is 0.851. The maximum absolute atomic E-state index is 9.62. The standard InChI is InChI=1S/C9H11BrOS/c1-6(11)9(3-4-9)8-7(10)2-5-12-8/h2,5-6,11H,3-4H2,1H3. The van der Waals surface area contributed by atoms with Gasteiger partial charge in [0.1, 0.15) is 0 Å². The van der Waals surface area contributed by atoms with Gasteiger partial charge in [0.15, 0.2) is 0 Å². The number of aliphatic hydroxyl groups is 1. The van der Waals surface area contributed by atoms with Crippen LogP contribution in [0.4, 0.5) is 0 Å². The monoisotopic (exact) mass is 246 g/mol. The van der Waals surface area contributed by atoms with Crippen molar-refractivity contribution in [1.29, 1.82) is 0 Å². The van der Waals surface area contributed by atoms with Gasteiger partial charge < -0.3 is 5.11 Å². The van der Waals surface area contributed by atoms with E-state index in [0.29, 0.717) is 0 Å². The summed E-state index contributed by atoms with van der Waals surface area (Å²) in [6.07, 6.45) is 2.04. The fourth-order valence-corrected chi connectivity index (χ4v) is 3.73. The lowest BCUT2D eigenvalue weighted by atomic mass is 9.99. The minimum Gasteiger partial charge on any atom is -0.392 e. The van der Waals surface area contributed by atoms with Crippen molar-refractivity contribution in [3.63, 3.8) is 0 Å². The fourth-order valence-electron chi connectivity index (χ4n) is 1.62. The van der Waals surface area contributed by atoms with Crippen molar-refractivity contribution in [2.75, 3.05) is 0 Å². The molecule has 0 aromatic carbocycles. The van der Waals surface area contributed by atoms with Crippen LogP contribution in [-0.4, -0.2) is 11.2 Å². The molecule has 0 radical (unpaired) electrons. The van der Waals surface area contributed by atoms with Crippen molar-refractivity contribution in [3.05, 3.63) is 20.8 Å². The number of halogens is 1. The third-order valence-corrected chi connectivity index (χ3v) is 4.72. The molecule has 1 nitrogen and oxygen atoms in total. The molecule has 1 unspecified atom stereocenters. The number of thiophene rings is 1. The maximum atomic E-state index is 9.62. The van der Waals surface area contributed by atoms with Crippen molar-refractivity contribution < 1.29 is 5.11 Å². The minimum absolute atomic E-state index is 0.0903. The first-order valence-electron chi connectivity index (χ1n) is 4.08. The second-order valence-electron chi connectivity index (χ2n) is 3.43. The summed E-state index contributed by atoms with van der Waals surface area (Å²) < 4.78 is 1.16. The van der Waals surface area contributed by atoms with E-state index in [0.717, 1.165) is 17.3 Å². The third-order valence-electron chi connectivity index (χ3n) is 2.66. The van der Waals surface area contributed by atoms with Gasteiger partial charge in [-0.25, -0.2) is 0 Å². The second-order valence-corrected chi connectivity index (χ2v) is 5.20. The lowest BCUT2D eigenvalue weighted by Gasteiger charge is -2.17. The average molecular weight is 247 g/mol. The second kappa shape index (κ2) is 2.82. The van der Waals surface area contributed by atoms with Crippen LogP contribution in [0.3, 0.4) is 0 Å². The van der Waals surface area contributed by atoms with Gasteiger partial charge in [0.05, 0.1) is 6.10 Å². The molecule has 1 atom stereocenters. The molecule has 0 amide bonds. The maximum Gasteiger partial charge on any atom is 0.0617 e. The van der Waals surface area contributed by atoms with Gasteiger partial charge in [-0.1, -0.05) is 0 Å². The minimum atomic E-state index is -0.215. The molecule has 0 bridgehead atoms. The topological polar surface area (TPSA) is 20.2 Å². The summed E-state index contributed by atoms with van der Waals surface area (Å²) in [7, 11) is 0. The molecule has 3 heteroatoms. The predicted octanol–water partition coefficient (Wildman–Crippen LogP) is 2.92. The van der Waals surface area contributed by atoms with Crippen LogP contribution in [0.1, 0.15) is 24.6 Å². The van der Waals surface area contributed by atoms with E-state index in [-0.39, 0.29) is 11.5 Å². The number of aliphatic hydroxyl groups excluding tert-OH is 1. The largest absolute Gasteiger partial charge is 0.392 e. The summed E-state index contributed by atoms with van der Waals surface area (Å²) in [5.41, 5.74) is 0.0903. The molecule has 0 saturated heterocycles. The van der Waals surface area contributed by atoms with Crippen LogP contribution in [0.15, 0.2) is 15.9 Å². The van der Waals surface area contributed by atoms with Crippen molar-refractivity contribution >= 4 is 27.3 Å². The molecule has 1 aliphatic rings. The van der Waals surface area contributed by atoms with E-state index in [4.69, 9.17) is 0 Å². The molecule has 1 aliphatic carbocycles. The van der Waals surface area contributed by atoms with Crippen LogP contribution in [0.2, 0.25) is 0 Å². The molecule has 0 spiro atoms. The predicted molar refractivity (Wildman–Crippen MR) is 54.6 cm³/mol. The number of rotatable bonds is 2. The molecule has 66 valence electrons. The Hall–Kier alpha value is 0.140. The van der Waals surface area contributed by atoms with Crippen LogP contribution in [0.5, 0.6) is 0 Å². The van der Waals surface area contributed by atoms with E-state index in [2.05, 4.69) is 27.4 Å². The molecule has 12 heavy (non-hydrogen) atoms. The van der Waals surface area contributed by atoms with Crippen LogP contribution in [0, 0.1) is 0 Å². The summed E-state index contributed by atoms with van der Waals surface area (Å²) in [5.74, 6) is 0. The van der Waals surface area contributed by atoms with Gasteiger partial charge in [0.2, 0.25) is 0 Å². The van der Waals surface area contributed by atoms with Gasteiger partial charge >= 0.3 is 0 Å². The van der Waals surface area contributed by atoms with Gasteiger partial charge in [0, 0.05) is 14.8 Å². The van der Waals surface area contributed by atoms with Crippen LogP contribution in [0.25, 0.3) is 0 Å². The van der Waals surface area contributed by atoms with Crippen LogP contribution >= 0.6 is 27.3 Å². The highest BCUT2D eigenvalue weighted by Gasteiger charge is 2.50. The van der Waals surface area contributed by atoms with E-state index in [1.54, 1.807) is 11.3 Å². The van der Waals surface area contributed by atoms with Crippen molar-refractivity contribution in [3.8, 4) is 0 Å². The lowest BCUT2D eigenvalue weighted by molar-refractivity contribution is 0.152. The van der Waals surface area contributed by atoms with Crippen LogP contribution in [-0.2, 0) is 5.41 Å². The van der Waals surface area contributed by atoms with Gasteiger partial charge in [-0.3, -0.25) is 0 Å². The summed E-state index contributed by atoms with van der Waals surface area (Å²) in [4.78, 5) is 1.32. The molecular weight excluding hydrogens is 236 g/mol. The van der Waals surface area contributed by atoms with Crippen molar-refractivity contribution in [1.82, 2.24) is 0 Å². The first kappa shape index (κ1) is 8.73. The molecular formula is C9H11BrOS. The van der Waals surface area contributed by atoms with E-state index in [9.17, 15) is 5.11 Å². The first-order valence-corrected chi connectivity index (χ1v) is 5.75. The lowest BCUT2D eigenvalue weighted by Crippen LogP contribution is -2.21. The van der Waals surface area contributed by atoms with Gasteiger partial charge in [-0.2, -0.15) is 0 Å². The van der Waals surface area contributed by atoms with Crippen molar-refractivity contribution in [2.24, 2.45) is 0 Å². The van der Waals surface area contributed by atoms with E-state index >= 15 is 0 Å². The van der Waals surface area contributed by atoms with Crippen LogP contribution < -0.4 is 0 Å². The summed E-state index contributed by atoms with van der Waals surface area (Å²) in [6, 6.07) is 2.06. The summed E-state index contributed by atoms with van der Waals surface area (Å²) in [6.45, 7) is 1.89. The zero-order chi connectivity index (χ0) is 8.77.